The molecule has 10 aromatic carbocycles. The third-order valence-electron chi connectivity index (χ3n) is 10.0. The minimum atomic E-state index is 1.24. The molecule has 0 aliphatic heterocycles. The molecule has 0 atom stereocenters. The highest BCUT2D eigenvalue weighted by atomic mass is 14.1. The van der Waals surface area contributed by atoms with E-state index in [1.807, 2.05) is 0 Å². The van der Waals surface area contributed by atoms with Crippen molar-refractivity contribution in [3.63, 3.8) is 0 Å². The molecule has 10 aromatic rings. The molecule has 0 aliphatic rings. The summed E-state index contributed by atoms with van der Waals surface area (Å²) in [5.74, 6) is 0. The van der Waals surface area contributed by atoms with E-state index in [0.29, 0.717) is 0 Å². The Morgan fingerprint density at radius 2 is 0.587 bits per heavy atom. The van der Waals surface area contributed by atoms with Gasteiger partial charge in [-0.1, -0.05) is 152 Å². The van der Waals surface area contributed by atoms with Crippen LogP contribution in [-0.2, 0) is 0 Å². The first-order valence-electron chi connectivity index (χ1n) is 16.0. The molecule has 46 heavy (non-hydrogen) atoms. The molecule has 10 rings (SSSR count). The highest BCUT2D eigenvalue weighted by molar-refractivity contribution is 6.19. The molecule has 0 amide bonds. The zero-order valence-corrected chi connectivity index (χ0v) is 25.2. The summed E-state index contributed by atoms with van der Waals surface area (Å²) in [6.45, 7) is 0. The topological polar surface area (TPSA) is 0 Å². The van der Waals surface area contributed by atoms with E-state index in [1.54, 1.807) is 0 Å². The number of benzene rings is 10. The van der Waals surface area contributed by atoms with Crippen molar-refractivity contribution in [1.29, 1.82) is 0 Å². The molecule has 0 aromatic heterocycles. The van der Waals surface area contributed by atoms with E-state index < -0.39 is 0 Å². The van der Waals surface area contributed by atoms with Gasteiger partial charge in [0.15, 0.2) is 0 Å². The second-order valence-corrected chi connectivity index (χ2v) is 12.5. The van der Waals surface area contributed by atoms with Gasteiger partial charge in [-0.05, 0) is 116 Å². The maximum Gasteiger partial charge on any atom is -0.00990 e. The summed E-state index contributed by atoms with van der Waals surface area (Å²) >= 11 is 0. The smallest absolute Gasteiger partial charge is 0.00990 e. The molecule has 0 bridgehead atoms. The van der Waals surface area contributed by atoms with Crippen LogP contribution in [0.15, 0.2) is 170 Å². The molecule has 0 saturated carbocycles. The predicted octanol–water partition coefficient (Wildman–Crippen LogP) is 13.1. The van der Waals surface area contributed by atoms with Gasteiger partial charge in [0.05, 0.1) is 0 Å². The molecule has 0 fully saturated rings. The highest BCUT2D eigenvalue weighted by Crippen LogP contribution is 2.38. The summed E-state index contributed by atoms with van der Waals surface area (Å²) < 4.78 is 0. The molecule has 0 heterocycles. The van der Waals surface area contributed by atoms with Crippen LogP contribution in [0.25, 0.3) is 97.7 Å². The molecule has 0 N–H and O–H groups in total. The van der Waals surface area contributed by atoms with Crippen molar-refractivity contribution in [2.45, 2.75) is 0 Å². The second-order valence-electron chi connectivity index (χ2n) is 12.5. The lowest BCUT2D eigenvalue weighted by Crippen LogP contribution is -1.86. The summed E-state index contributed by atoms with van der Waals surface area (Å²) in [5.41, 5.74) is 4.98. The fraction of sp³-hybridized carbons (Fsp3) is 0. The first-order chi connectivity index (χ1) is 22.8. The Morgan fingerprint density at radius 3 is 1.22 bits per heavy atom. The van der Waals surface area contributed by atoms with Crippen LogP contribution in [0.5, 0.6) is 0 Å². The van der Waals surface area contributed by atoms with Gasteiger partial charge in [-0.15, -0.1) is 0 Å². The van der Waals surface area contributed by atoms with E-state index in [4.69, 9.17) is 0 Å². The van der Waals surface area contributed by atoms with Crippen molar-refractivity contribution in [3.05, 3.63) is 170 Å². The minimum Gasteiger partial charge on any atom is -0.0616 e. The fourth-order valence-corrected chi connectivity index (χ4v) is 7.71. The Labute approximate surface area is 266 Å². The van der Waals surface area contributed by atoms with Crippen LogP contribution in [0, 0.1) is 0 Å². The van der Waals surface area contributed by atoms with Crippen LogP contribution in [0.1, 0.15) is 0 Å². The average Bonchev–Trinajstić information content (AvgIpc) is 3.13. The van der Waals surface area contributed by atoms with Crippen LogP contribution in [0.3, 0.4) is 0 Å². The molecular formula is C46H28. The molecule has 0 spiro atoms. The lowest BCUT2D eigenvalue weighted by molar-refractivity contribution is 1.66. The van der Waals surface area contributed by atoms with Crippen molar-refractivity contribution in [2.24, 2.45) is 0 Å². The quantitative estimate of drug-likeness (QED) is 0.178. The Kier molecular flexibility index (Phi) is 5.38. The van der Waals surface area contributed by atoms with Crippen LogP contribution < -0.4 is 0 Å². The summed E-state index contributed by atoms with van der Waals surface area (Å²) in [6, 6.07) is 63.0. The largest absolute Gasteiger partial charge is 0.0616 e. The highest BCUT2D eigenvalue weighted by Gasteiger charge is 2.11. The number of rotatable bonds is 2. The maximum atomic E-state index is 2.37. The Bertz CT molecular complexity index is 2850. The van der Waals surface area contributed by atoms with Crippen molar-refractivity contribution < 1.29 is 0 Å². The van der Waals surface area contributed by atoms with Crippen molar-refractivity contribution >= 4 is 75.4 Å². The van der Waals surface area contributed by atoms with E-state index in [2.05, 4.69) is 170 Å². The number of hydrogen-bond donors (Lipinski definition) is 0. The van der Waals surface area contributed by atoms with Gasteiger partial charge in [0.2, 0.25) is 0 Å². The van der Waals surface area contributed by atoms with Crippen molar-refractivity contribution in [3.8, 4) is 22.3 Å². The molecule has 0 aliphatic carbocycles. The first kappa shape index (κ1) is 25.4. The predicted molar refractivity (Wildman–Crippen MR) is 200 cm³/mol. The van der Waals surface area contributed by atoms with E-state index in [-0.39, 0.29) is 0 Å². The van der Waals surface area contributed by atoms with E-state index >= 15 is 0 Å². The van der Waals surface area contributed by atoms with Crippen LogP contribution in [0.4, 0.5) is 0 Å². The van der Waals surface area contributed by atoms with Gasteiger partial charge in [0.1, 0.15) is 0 Å². The molecule has 0 radical (unpaired) electrons. The van der Waals surface area contributed by atoms with E-state index in [9.17, 15) is 0 Å². The standard InChI is InChI=1S/C46H28/c1-3-9-37-29(6-1)14-22-44-40-20-16-32(26-34(40)18-24-42(37)44)33-13-12-31-8-5-11-39(46(31)28-33)35-17-21-41-36(27-35)19-25-43-38-10-4-2-7-30(38)15-23-45(41)43/h1-28H. The summed E-state index contributed by atoms with van der Waals surface area (Å²) in [7, 11) is 0. The van der Waals surface area contributed by atoms with Gasteiger partial charge < -0.3 is 0 Å². The Hall–Kier alpha value is -5.98. The van der Waals surface area contributed by atoms with E-state index in [1.165, 1.54) is 97.7 Å². The Balaban J connectivity index is 1.10. The molecular weight excluding hydrogens is 553 g/mol. The molecule has 0 unspecified atom stereocenters. The van der Waals surface area contributed by atoms with Gasteiger partial charge in [0.25, 0.3) is 0 Å². The average molecular weight is 581 g/mol. The van der Waals surface area contributed by atoms with Gasteiger partial charge in [-0.2, -0.15) is 0 Å². The zero-order chi connectivity index (χ0) is 30.2. The van der Waals surface area contributed by atoms with Crippen molar-refractivity contribution in [2.75, 3.05) is 0 Å². The minimum absolute atomic E-state index is 1.24. The van der Waals surface area contributed by atoms with E-state index in [0.717, 1.165) is 0 Å². The third kappa shape index (κ3) is 3.81. The fourth-order valence-electron chi connectivity index (χ4n) is 7.71. The summed E-state index contributed by atoms with van der Waals surface area (Å²) in [5, 5.41) is 18.1. The van der Waals surface area contributed by atoms with Gasteiger partial charge in [0, 0.05) is 0 Å². The van der Waals surface area contributed by atoms with Gasteiger partial charge in [-0.25, -0.2) is 0 Å². The SMILES string of the molecule is c1cc(-c2ccc3c(ccc4c5ccccc5ccc34)c2)c2cc(-c3ccc4c(ccc5c6ccccc6ccc45)c3)ccc2c1. The summed E-state index contributed by atoms with van der Waals surface area (Å²) in [4.78, 5) is 0. The van der Waals surface area contributed by atoms with Crippen LogP contribution in [0.2, 0.25) is 0 Å². The molecule has 212 valence electrons. The lowest BCUT2D eigenvalue weighted by atomic mass is 9.91. The monoisotopic (exact) mass is 580 g/mol. The van der Waals surface area contributed by atoms with Crippen molar-refractivity contribution in [1.82, 2.24) is 0 Å². The first-order valence-corrected chi connectivity index (χ1v) is 16.0. The second kappa shape index (κ2) is 9.76. The normalized spacial score (nSPS) is 11.9. The number of fused-ring (bicyclic) bond motifs is 11. The van der Waals surface area contributed by atoms with Crippen LogP contribution >= 0.6 is 0 Å². The summed E-state index contributed by atoms with van der Waals surface area (Å²) in [6.07, 6.45) is 0. The molecule has 0 saturated heterocycles. The van der Waals surface area contributed by atoms with Gasteiger partial charge in [-0.3, -0.25) is 0 Å². The number of hydrogen-bond acceptors (Lipinski definition) is 0. The lowest BCUT2D eigenvalue weighted by Gasteiger charge is -2.13. The molecule has 0 nitrogen and oxygen atoms in total. The Morgan fingerprint density at radius 1 is 0.196 bits per heavy atom. The molecule has 0 heteroatoms. The maximum absolute atomic E-state index is 2.37. The van der Waals surface area contributed by atoms with Crippen LogP contribution in [-0.4, -0.2) is 0 Å². The third-order valence-corrected chi connectivity index (χ3v) is 10.0. The van der Waals surface area contributed by atoms with Gasteiger partial charge >= 0.3 is 0 Å². The zero-order valence-electron chi connectivity index (χ0n) is 25.2.